The second kappa shape index (κ2) is 4.72. The van der Waals surface area contributed by atoms with E-state index in [1.807, 2.05) is 24.3 Å². The average Bonchev–Trinajstić information content (AvgIpc) is 2.79. The predicted octanol–water partition coefficient (Wildman–Crippen LogP) is 0.285. The van der Waals surface area contributed by atoms with E-state index >= 15 is 0 Å². The third-order valence-corrected chi connectivity index (χ3v) is 2.92. The molecule has 6 heteroatoms. The van der Waals surface area contributed by atoms with Gasteiger partial charge in [0.15, 0.2) is 7.85 Å². The second-order valence-electron chi connectivity index (χ2n) is 4.34. The Morgan fingerprint density at radius 2 is 1.89 bits per heavy atom. The van der Waals surface area contributed by atoms with E-state index in [0.29, 0.717) is 11.6 Å². The minimum atomic E-state index is 0.180. The van der Waals surface area contributed by atoms with Gasteiger partial charge in [0.2, 0.25) is 0 Å². The summed E-state index contributed by atoms with van der Waals surface area (Å²) in [6.45, 7) is 0. The highest BCUT2D eigenvalue weighted by Crippen LogP contribution is 2.09. The lowest BCUT2D eigenvalue weighted by molar-refractivity contribution is 0.883. The molecule has 5 nitrogen and oxygen atoms in total. The van der Waals surface area contributed by atoms with Gasteiger partial charge in [-0.1, -0.05) is 30.3 Å². The highest BCUT2D eigenvalue weighted by atomic mass is 15.3. The first-order valence-electron chi connectivity index (χ1n) is 6.04. The maximum absolute atomic E-state index is 5.90. The molecule has 0 spiro atoms. The van der Waals surface area contributed by atoms with E-state index in [2.05, 4.69) is 27.2 Å². The maximum Gasteiger partial charge on any atom is 0.253 e. The van der Waals surface area contributed by atoms with Gasteiger partial charge in [0, 0.05) is 11.8 Å². The van der Waals surface area contributed by atoms with Crippen LogP contribution in [0.1, 0.15) is 11.3 Å². The van der Waals surface area contributed by atoms with Gasteiger partial charge in [0.1, 0.15) is 5.82 Å². The van der Waals surface area contributed by atoms with Gasteiger partial charge in [-0.3, -0.25) is 0 Å². The summed E-state index contributed by atoms with van der Waals surface area (Å²) in [4.78, 5) is 8.43. The maximum atomic E-state index is 5.90. The Hall–Kier alpha value is -2.37. The van der Waals surface area contributed by atoms with Crippen molar-refractivity contribution in [3.8, 4) is 0 Å². The first-order chi connectivity index (χ1) is 9.22. The SMILES string of the molecule is [B]c1nc2nc(CCc3ccccc3)cc(N)n2n1. The molecule has 0 aliphatic carbocycles. The summed E-state index contributed by atoms with van der Waals surface area (Å²) >= 11 is 0. The zero-order chi connectivity index (χ0) is 13.2. The smallest absolute Gasteiger partial charge is 0.253 e. The van der Waals surface area contributed by atoms with Gasteiger partial charge in [-0.2, -0.15) is 9.61 Å². The number of nitrogens with zero attached hydrogens (tertiary/aromatic N) is 4. The minimum Gasteiger partial charge on any atom is -0.383 e. The summed E-state index contributed by atoms with van der Waals surface area (Å²) in [5.41, 5.74) is 8.24. The van der Waals surface area contributed by atoms with Crippen molar-refractivity contribution in [3.05, 3.63) is 47.7 Å². The Labute approximate surface area is 111 Å². The van der Waals surface area contributed by atoms with Gasteiger partial charge < -0.3 is 5.73 Å². The molecule has 0 aliphatic rings. The Kier molecular flexibility index (Phi) is 2.91. The van der Waals surface area contributed by atoms with Crippen LogP contribution >= 0.6 is 0 Å². The molecule has 0 saturated carbocycles. The molecule has 2 heterocycles. The van der Waals surface area contributed by atoms with Crippen LogP contribution in [-0.2, 0) is 12.8 Å². The normalized spacial score (nSPS) is 10.9. The molecule has 0 unspecified atom stereocenters. The molecule has 0 saturated heterocycles. The number of hydrogen-bond donors (Lipinski definition) is 1. The van der Waals surface area contributed by atoms with Gasteiger partial charge in [0.25, 0.3) is 5.78 Å². The average molecular weight is 249 g/mol. The number of nitrogens with two attached hydrogens (primary N) is 1. The summed E-state index contributed by atoms with van der Waals surface area (Å²) in [5.74, 6) is 0.942. The van der Waals surface area contributed by atoms with Crippen LogP contribution in [0.5, 0.6) is 0 Å². The largest absolute Gasteiger partial charge is 0.383 e. The predicted molar refractivity (Wildman–Crippen MR) is 74.4 cm³/mol. The monoisotopic (exact) mass is 249 g/mol. The van der Waals surface area contributed by atoms with Crippen molar-refractivity contribution in [3.63, 3.8) is 0 Å². The van der Waals surface area contributed by atoms with Crippen LogP contribution in [-0.4, -0.2) is 27.4 Å². The van der Waals surface area contributed by atoms with Crippen molar-refractivity contribution < 1.29 is 0 Å². The molecule has 1 aromatic carbocycles. The fraction of sp³-hybridized carbons (Fsp3) is 0.154. The first kappa shape index (κ1) is 11.7. The zero-order valence-corrected chi connectivity index (χ0v) is 10.3. The third-order valence-electron chi connectivity index (χ3n) is 2.92. The fourth-order valence-corrected chi connectivity index (χ4v) is 2.00. The van der Waals surface area contributed by atoms with Crippen molar-refractivity contribution >= 4 is 25.2 Å². The molecule has 3 aromatic rings. The number of anilines is 1. The molecular formula is C13H12BN5. The van der Waals surface area contributed by atoms with Crippen LogP contribution in [0.2, 0.25) is 0 Å². The van der Waals surface area contributed by atoms with E-state index in [1.54, 1.807) is 0 Å². The van der Waals surface area contributed by atoms with Crippen LogP contribution in [0.15, 0.2) is 36.4 Å². The molecule has 2 N–H and O–H groups in total. The minimum absolute atomic E-state index is 0.180. The molecule has 19 heavy (non-hydrogen) atoms. The van der Waals surface area contributed by atoms with E-state index in [-0.39, 0.29) is 5.72 Å². The molecular weight excluding hydrogens is 237 g/mol. The first-order valence-corrected chi connectivity index (χ1v) is 6.04. The number of fused-ring (bicyclic) bond motifs is 1. The van der Waals surface area contributed by atoms with Gasteiger partial charge in [-0.15, -0.1) is 0 Å². The summed E-state index contributed by atoms with van der Waals surface area (Å²) in [5, 5.41) is 3.97. The van der Waals surface area contributed by atoms with Gasteiger partial charge in [-0.25, -0.2) is 9.97 Å². The third kappa shape index (κ3) is 2.42. The van der Waals surface area contributed by atoms with E-state index in [4.69, 9.17) is 13.6 Å². The molecule has 0 amide bonds. The van der Waals surface area contributed by atoms with E-state index in [1.165, 1.54) is 10.1 Å². The molecule has 0 atom stereocenters. The van der Waals surface area contributed by atoms with Gasteiger partial charge >= 0.3 is 0 Å². The van der Waals surface area contributed by atoms with Crippen LogP contribution in [0, 0.1) is 0 Å². The number of aryl methyl sites for hydroxylation is 2. The van der Waals surface area contributed by atoms with E-state index in [0.717, 1.165) is 18.5 Å². The van der Waals surface area contributed by atoms with E-state index in [9.17, 15) is 0 Å². The van der Waals surface area contributed by atoms with Crippen molar-refractivity contribution in [2.75, 3.05) is 5.73 Å². The Bertz CT molecular complexity index is 708. The summed E-state index contributed by atoms with van der Waals surface area (Å²) in [6, 6.07) is 12.1. The van der Waals surface area contributed by atoms with Crippen LogP contribution in [0.25, 0.3) is 5.78 Å². The molecule has 0 bridgehead atoms. The zero-order valence-electron chi connectivity index (χ0n) is 10.3. The standard InChI is InChI=1S/C13H12BN5/c14-12-17-13-16-10(8-11(15)19(13)18-12)7-6-9-4-2-1-3-5-9/h1-5,8H,6-7,15H2. The molecule has 3 rings (SSSR count). The Morgan fingerprint density at radius 3 is 2.68 bits per heavy atom. The number of benzene rings is 1. The summed E-state index contributed by atoms with van der Waals surface area (Å²) in [6.07, 6.45) is 1.71. The van der Waals surface area contributed by atoms with Crippen LogP contribution < -0.4 is 11.5 Å². The van der Waals surface area contributed by atoms with Crippen LogP contribution in [0.3, 0.4) is 0 Å². The molecule has 0 aliphatic heterocycles. The highest BCUT2D eigenvalue weighted by molar-refractivity contribution is 6.29. The summed E-state index contributed by atoms with van der Waals surface area (Å²) in [7, 11) is 5.54. The fourth-order valence-electron chi connectivity index (χ4n) is 2.00. The molecule has 92 valence electrons. The van der Waals surface area contributed by atoms with Crippen LogP contribution in [0.4, 0.5) is 5.82 Å². The number of hydrogen-bond acceptors (Lipinski definition) is 4. The van der Waals surface area contributed by atoms with Crippen molar-refractivity contribution in [1.82, 2.24) is 19.6 Å². The van der Waals surface area contributed by atoms with Gasteiger partial charge in [0.05, 0.1) is 5.72 Å². The molecule has 2 aromatic heterocycles. The highest BCUT2D eigenvalue weighted by Gasteiger charge is 2.06. The lowest BCUT2D eigenvalue weighted by Gasteiger charge is -2.03. The number of rotatable bonds is 3. The van der Waals surface area contributed by atoms with Crippen molar-refractivity contribution in [1.29, 1.82) is 0 Å². The second-order valence-corrected chi connectivity index (χ2v) is 4.34. The van der Waals surface area contributed by atoms with Crippen molar-refractivity contribution in [2.45, 2.75) is 12.8 Å². The summed E-state index contributed by atoms with van der Waals surface area (Å²) < 4.78 is 1.45. The molecule has 0 fully saturated rings. The van der Waals surface area contributed by atoms with Crippen molar-refractivity contribution in [2.24, 2.45) is 0 Å². The van der Waals surface area contributed by atoms with Gasteiger partial charge in [-0.05, 0) is 18.4 Å². The number of nitrogen functional groups attached to an aromatic ring is 1. The lowest BCUT2D eigenvalue weighted by atomic mass is 10.1. The molecule has 2 radical (unpaired) electrons. The topological polar surface area (TPSA) is 69.1 Å². The number of aromatic nitrogens is 4. The van der Waals surface area contributed by atoms with E-state index < -0.39 is 0 Å². The quantitative estimate of drug-likeness (QED) is 0.677. The lowest BCUT2D eigenvalue weighted by Crippen LogP contribution is -2.08. The Morgan fingerprint density at radius 1 is 1.11 bits per heavy atom. The Balaban J connectivity index is 1.85.